The van der Waals surface area contributed by atoms with Gasteiger partial charge in [-0.3, -0.25) is 0 Å². The molecule has 0 bridgehead atoms. The fourth-order valence-corrected chi connectivity index (χ4v) is 1.86. The first-order chi connectivity index (χ1) is 8.38. The van der Waals surface area contributed by atoms with E-state index in [0.717, 1.165) is 31.7 Å². The van der Waals surface area contributed by atoms with E-state index in [9.17, 15) is 0 Å². The molecule has 1 aliphatic heterocycles. The maximum atomic E-state index is 5.29. The summed E-state index contributed by atoms with van der Waals surface area (Å²) in [5.74, 6) is 1.41. The normalized spacial score (nSPS) is 13.9. The largest absolute Gasteiger partial charge is 3.00 e. The molecule has 1 saturated heterocycles. The average molecular weight is 352 g/mol. The Labute approximate surface area is 144 Å². The van der Waals surface area contributed by atoms with Gasteiger partial charge < -0.3 is 39.9 Å². The molecule has 0 atom stereocenters. The Hall–Kier alpha value is -0.786. The second-order valence-corrected chi connectivity index (χ2v) is 3.81. The minimum absolute atomic E-state index is 0. The number of aromatic nitrogens is 4. The average Bonchev–Trinajstić information content (AvgIpc) is 2.81. The first-order valence-electron chi connectivity index (χ1n) is 5.55. The molecule has 20 heavy (non-hydrogen) atoms. The predicted molar refractivity (Wildman–Crippen MR) is 76.1 cm³/mol. The molecular formula is C12H19N6OY. The molecule has 0 amide bonds. The first-order valence-corrected chi connectivity index (χ1v) is 5.55. The topological polar surface area (TPSA) is 77.3 Å². The summed E-state index contributed by atoms with van der Waals surface area (Å²) in [5.41, 5.74) is 0.630. The molecule has 0 spiro atoms. The van der Waals surface area contributed by atoms with Crippen molar-refractivity contribution >= 4 is 22.8 Å². The van der Waals surface area contributed by atoms with Gasteiger partial charge in [-0.1, -0.05) is 0 Å². The first kappa shape index (κ1) is 19.2. The van der Waals surface area contributed by atoms with Crippen molar-refractivity contribution in [2.24, 2.45) is 0 Å². The smallest absolute Gasteiger partial charge is 0.403 e. The van der Waals surface area contributed by atoms with Crippen LogP contribution in [0.1, 0.15) is 0 Å². The number of nitrogens with one attached hydrogen (secondary N) is 1. The van der Waals surface area contributed by atoms with Gasteiger partial charge in [-0.2, -0.15) is 0 Å². The summed E-state index contributed by atoms with van der Waals surface area (Å²) in [7, 11) is 1.80. The Morgan fingerprint density at radius 1 is 1.30 bits per heavy atom. The number of morpholine rings is 1. The number of hydrogen-bond donors (Lipinski definition) is 1. The Balaban J connectivity index is 0.00000120. The van der Waals surface area contributed by atoms with E-state index >= 15 is 0 Å². The van der Waals surface area contributed by atoms with Gasteiger partial charge in [-0.15, -0.1) is 0 Å². The summed E-state index contributed by atoms with van der Waals surface area (Å²) in [6, 6.07) is 0. The van der Waals surface area contributed by atoms with Gasteiger partial charge in [0.15, 0.2) is 0 Å². The molecule has 1 N–H and O–H groups in total. The quantitative estimate of drug-likeness (QED) is 0.800. The van der Waals surface area contributed by atoms with Crippen molar-refractivity contribution in [1.82, 2.24) is 20.2 Å². The van der Waals surface area contributed by atoms with Crippen LogP contribution in [0.25, 0.3) is 11.0 Å². The maximum absolute atomic E-state index is 5.29. The second-order valence-electron chi connectivity index (χ2n) is 3.81. The molecule has 3 rings (SSSR count). The Kier molecular flexibility index (Phi) is 8.16. The number of rotatable bonds is 2. The van der Waals surface area contributed by atoms with E-state index in [-0.39, 0.29) is 47.6 Å². The van der Waals surface area contributed by atoms with Crippen LogP contribution in [0.4, 0.5) is 11.8 Å². The van der Waals surface area contributed by atoms with Crippen molar-refractivity contribution in [1.29, 1.82) is 0 Å². The third kappa shape index (κ3) is 3.65. The molecule has 7 nitrogen and oxygen atoms in total. The van der Waals surface area contributed by atoms with Gasteiger partial charge in [0.2, 0.25) is 0 Å². The van der Waals surface area contributed by atoms with Crippen LogP contribution in [-0.2, 0) is 37.4 Å². The molecule has 0 saturated carbocycles. The van der Waals surface area contributed by atoms with E-state index in [0.29, 0.717) is 17.4 Å². The van der Waals surface area contributed by atoms with Crippen molar-refractivity contribution in [3.63, 3.8) is 0 Å². The molecule has 2 aromatic rings. The summed E-state index contributed by atoms with van der Waals surface area (Å²) >= 11 is 0. The molecule has 0 radical (unpaired) electrons. The Morgan fingerprint density at radius 3 is 2.65 bits per heavy atom. The monoisotopic (exact) mass is 352 g/mol. The fraction of sp³-hybridized carbons (Fsp3) is 0.417. The fourth-order valence-electron chi connectivity index (χ4n) is 1.86. The van der Waals surface area contributed by atoms with E-state index in [2.05, 4.69) is 30.4 Å². The van der Waals surface area contributed by atoms with Crippen LogP contribution in [0, 0.1) is 14.9 Å². The summed E-state index contributed by atoms with van der Waals surface area (Å²) in [4.78, 5) is 10.9. The summed E-state index contributed by atoms with van der Waals surface area (Å²) in [6.45, 7) is 3.07. The molecule has 0 unspecified atom stereocenters. The van der Waals surface area contributed by atoms with Gasteiger partial charge in [0.05, 0.1) is 13.2 Å². The Bertz CT molecular complexity index is 526. The minimum atomic E-state index is 0. The zero-order chi connectivity index (χ0) is 11.7. The molecule has 0 aromatic carbocycles. The maximum Gasteiger partial charge on any atom is 3.00 e. The summed E-state index contributed by atoms with van der Waals surface area (Å²) in [5, 5.41) is 11.8. The number of fused-ring (bicyclic) bond motifs is 1. The van der Waals surface area contributed by atoms with Crippen molar-refractivity contribution in [2.75, 3.05) is 43.6 Å². The summed E-state index contributed by atoms with van der Waals surface area (Å²) < 4.78 is 5.29. The number of ether oxygens (including phenoxy) is 1. The molecule has 2 aromatic heterocycles. The van der Waals surface area contributed by atoms with Crippen LogP contribution >= 0.6 is 0 Å². The summed E-state index contributed by atoms with van der Waals surface area (Å²) in [6.07, 6.45) is 1.76. The van der Waals surface area contributed by atoms with Crippen LogP contribution in [-0.4, -0.2) is 48.4 Å². The second kappa shape index (κ2) is 8.49. The molecule has 1 fully saturated rings. The van der Waals surface area contributed by atoms with E-state index in [1.807, 2.05) is 0 Å². The van der Waals surface area contributed by atoms with Crippen LogP contribution in [0.15, 0.2) is 6.20 Å². The van der Waals surface area contributed by atoms with Gasteiger partial charge >= 0.3 is 32.7 Å². The van der Waals surface area contributed by atoms with E-state index in [4.69, 9.17) is 4.74 Å². The molecular weight excluding hydrogens is 333 g/mol. The van der Waals surface area contributed by atoms with Gasteiger partial charge in [-0.25, -0.2) is 10.1 Å². The third-order valence-corrected chi connectivity index (χ3v) is 2.79. The van der Waals surface area contributed by atoms with Gasteiger partial charge in [0, 0.05) is 31.7 Å². The van der Waals surface area contributed by atoms with Crippen molar-refractivity contribution in [2.45, 2.75) is 0 Å². The predicted octanol–water partition coefficient (Wildman–Crippen LogP) is 0.758. The zero-order valence-corrected chi connectivity index (χ0v) is 15.0. The number of anilines is 2. The molecule has 0 aliphatic carbocycles. The molecule has 1 aliphatic rings. The van der Waals surface area contributed by atoms with Crippen LogP contribution in [0.3, 0.4) is 0 Å². The van der Waals surface area contributed by atoms with Crippen LogP contribution in [0.2, 0.25) is 0 Å². The van der Waals surface area contributed by atoms with Crippen molar-refractivity contribution < 1.29 is 37.4 Å². The van der Waals surface area contributed by atoms with Gasteiger partial charge in [-0.05, 0) is 5.65 Å². The van der Waals surface area contributed by atoms with Gasteiger partial charge in [0.25, 0.3) is 0 Å². The SMILES string of the molecule is CNc1n[n-]c2nc(N3CCOCC3)ncc12.[CH3-].[CH3-].[Y+3]. The van der Waals surface area contributed by atoms with Crippen molar-refractivity contribution in [3.8, 4) is 0 Å². The molecule has 8 heteroatoms. The molecule has 106 valence electrons. The van der Waals surface area contributed by atoms with Crippen LogP contribution < -0.4 is 15.3 Å². The minimum Gasteiger partial charge on any atom is -0.403 e. The van der Waals surface area contributed by atoms with Gasteiger partial charge in [0.1, 0.15) is 11.8 Å². The zero-order valence-electron chi connectivity index (χ0n) is 12.1. The molecule has 3 heterocycles. The van der Waals surface area contributed by atoms with E-state index < -0.39 is 0 Å². The standard InChI is InChI=1S/C10H13N6O.2CH3.Y/c1-11-8-7-6-12-10(13-9(7)15-14-8)16-2-4-17-5-3-16;;;/h6H,2-5H2,1H3,(H-,11,12,13,14,15);2*1H3;/q3*-1;+3. The number of hydrogen-bond acceptors (Lipinski definition) is 6. The number of nitrogens with zero attached hydrogens (tertiary/aromatic N) is 5. The third-order valence-electron chi connectivity index (χ3n) is 2.79. The van der Waals surface area contributed by atoms with Crippen molar-refractivity contribution in [3.05, 3.63) is 21.1 Å². The van der Waals surface area contributed by atoms with Crippen LogP contribution in [0.5, 0.6) is 0 Å². The Morgan fingerprint density at radius 2 is 2.00 bits per heavy atom. The van der Waals surface area contributed by atoms with E-state index in [1.165, 1.54) is 0 Å². The van der Waals surface area contributed by atoms with E-state index in [1.54, 1.807) is 13.2 Å².